The van der Waals surface area contributed by atoms with Gasteiger partial charge in [-0.1, -0.05) is 48.4 Å². The first-order chi connectivity index (χ1) is 31.6. The Hall–Kier alpha value is -5.90. The average molecular weight is 900 g/mol. The molecule has 6 atom stereocenters. The van der Waals surface area contributed by atoms with Crippen molar-refractivity contribution in [3.05, 3.63) is 115 Å². The van der Waals surface area contributed by atoms with Gasteiger partial charge in [0.2, 0.25) is 5.79 Å². The van der Waals surface area contributed by atoms with E-state index in [4.69, 9.17) is 38.4 Å². The van der Waals surface area contributed by atoms with Crippen molar-refractivity contribution in [2.24, 2.45) is 22.9 Å². The molecule has 0 aromatic heterocycles. The number of benzene rings is 3. The maximum Gasteiger partial charge on any atom is 0.417 e. The molecular weight excluding hydrogens is 838 g/mol. The lowest BCUT2D eigenvalue weighted by Crippen LogP contribution is -2.70. The van der Waals surface area contributed by atoms with Crippen LogP contribution >= 0.6 is 0 Å². The van der Waals surface area contributed by atoms with Crippen LogP contribution in [-0.4, -0.2) is 92.1 Å². The number of oxime groups is 1. The molecule has 0 bridgehead atoms. The molecule has 2 aliphatic carbocycles. The minimum absolute atomic E-state index is 0.0101. The highest BCUT2D eigenvalue weighted by atomic mass is 19.1. The number of carbonyl (C=O) groups is 2. The molecule has 1 heterocycles. The van der Waals surface area contributed by atoms with Gasteiger partial charge in [0, 0.05) is 43.7 Å². The van der Waals surface area contributed by atoms with Crippen LogP contribution in [0.15, 0.2) is 103 Å². The number of fused-ring (bicyclic) bond motifs is 2. The number of methoxy groups -OCH3 is 2. The molecule has 1 fully saturated rings. The summed E-state index contributed by atoms with van der Waals surface area (Å²) in [5, 5.41) is 27.4. The van der Waals surface area contributed by atoms with Gasteiger partial charge in [-0.15, -0.1) is 13.2 Å². The second-order valence-electron chi connectivity index (χ2n) is 16.2. The number of carbonyl (C=O) groups excluding carboxylic acids is 2. The maximum absolute atomic E-state index is 14.5. The molecule has 2 amide bonds. The van der Waals surface area contributed by atoms with E-state index in [-0.39, 0.29) is 63.6 Å². The number of aliphatic hydroxyl groups is 2. The molecule has 15 heteroatoms. The zero-order chi connectivity index (χ0) is 46.3. The number of amides is 2. The number of aliphatic hydroxyl groups excluding tert-OH is 2. The number of hydrogen-bond donors (Lipinski definition) is 3. The zero-order valence-electron chi connectivity index (χ0n) is 37.5. The molecule has 3 aliphatic rings. The van der Waals surface area contributed by atoms with Crippen LogP contribution in [-0.2, 0) is 20.9 Å². The molecule has 6 rings (SSSR count). The molecule has 1 aliphatic heterocycles. The molecule has 0 radical (unpaired) electrons. The molecule has 3 N–H and O–H groups in total. The predicted molar refractivity (Wildman–Crippen MR) is 244 cm³/mol. The molecular formula is C50H62FN3O11. The highest BCUT2D eigenvalue weighted by Gasteiger charge is 2.65. The fourth-order valence-corrected chi connectivity index (χ4v) is 9.40. The van der Waals surface area contributed by atoms with Crippen molar-refractivity contribution in [2.45, 2.75) is 82.6 Å². The van der Waals surface area contributed by atoms with E-state index in [1.807, 2.05) is 13.0 Å². The van der Waals surface area contributed by atoms with E-state index in [0.29, 0.717) is 66.3 Å². The van der Waals surface area contributed by atoms with Crippen LogP contribution in [0.25, 0.3) is 0 Å². The molecule has 0 spiro atoms. The number of hydrogen-bond acceptors (Lipinski definition) is 12. The van der Waals surface area contributed by atoms with Crippen molar-refractivity contribution in [1.29, 1.82) is 0 Å². The third-order valence-corrected chi connectivity index (χ3v) is 12.2. The van der Waals surface area contributed by atoms with Crippen LogP contribution in [0.4, 0.5) is 19.7 Å². The van der Waals surface area contributed by atoms with E-state index in [2.05, 4.69) is 24.6 Å². The van der Waals surface area contributed by atoms with Crippen molar-refractivity contribution in [2.75, 3.05) is 52.6 Å². The van der Waals surface area contributed by atoms with Gasteiger partial charge in [0.25, 0.3) is 0 Å². The van der Waals surface area contributed by atoms with Crippen molar-refractivity contribution in [3.63, 3.8) is 0 Å². The van der Waals surface area contributed by atoms with E-state index in [0.717, 1.165) is 24.0 Å². The number of rotatable bonds is 23. The number of unbranched alkanes of at least 4 members (excludes halogenated alkanes) is 2. The molecule has 0 saturated heterocycles. The minimum atomic E-state index is -1.59. The normalized spacial score (nSPS) is 22.3. The summed E-state index contributed by atoms with van der Waals surface area (Å²) in [7, 11) is 3.03. The van der Waals surface area contributed by atoms with Gasteiger partial charge in [-0.05, 0) is 104 Å². The van der Waals surface area contributed by atoms with Gasteiger partial charge >= 0.3 is 12.2 Å². The predicted octanol–water partition coefficient (Wildman–Crippen LogP) is 9.32. The number of halogens is 1. The summed E-state index contributed by atoms with van der Waals surface area (Å²) in [4.78, 5) is 35.5. The Bertz CT molecular complexity index is 2160. The van der Waals surface area contributed by atoms with Crippen molar-refractivity contribution >= 4 is 23.6 Å². The molecule has 3 aromatic rings. The van der Waals surface area contributed by atoms with Crippen LogP contribution in [0.2, 0.25) is 0 Å². The second-order valence-corrected chi connectivity index (χ2v) is 16.2. The Morgan fingerprint density at radius 1 is 0.969 bits per heavy atom. The molecule has 65 heavy (non-hydrogen) atoms. The summed E-state index contributed by atoms with van der Waals surface area (Å²) in [6.07, 6.45) is 8.77. The summed E-state index contributed by atoms with van der Waals surface area (Å²) in [6.45, 7) is 10.1. The summed E-state index contributed by atoms with van der Waals surface area (Å²) < 4.78 is 51.2. The largest absolute Gasteiger partial charge is 0.497 e. The van der Waals surface area contributed by atoms with Crippen molar-refractivity contribution < 1.29 is 57.5 Å². The number of nitrogens with one attached hydrogen (secondary N) is 1. The van der Waals surface area contributed by atoms with Gasteiger partial charge in [0.15, 0.2) is 0 Å². The van der Waals surface area contributed by atoms with E-state index in [1.54, 1.807) is 59.5 Å². The lowest BCUT2D eigenvalue weighted by molar-refractivity contribution is -0.256. The number of nitrogens with zero attached hydrogens (tertiary/aromatic N) is 2. The topological polar surface area (TPSA) is 167 Å². The Kier molecular flexibility index (Phi) is 17.4. The van der Waals surface area contributed by atoms with Crippen LogP contribution in [0.5, 0.6) is 23.0 Å². The third kappa shape index (κ3) is 11.3. The standard InChI is InChI=1S/C50H62FN3O11/c1-6-9-27-61-49(58)54(32-33-16-18-35(51)19-17-33)45-31-42(53-63-8-3)39-28-34(14-10-12-24-55)38(15-11-13-25-56)46-40-29-37(21-23-43(40)65-50(45,47(39)46)62-26-7-2)64-48(57)52-41-22-20-36(59-4)30-44(41)60-5/h6-7,16-23,28-30,34,38,45-47,55-56H,1-2,8-15,24-27,31-32H2,3-5H3,(H,52,57). The van der Waals surface area contributed by atoms with Gasteiger partial charge < -0.3 is 43.5 Å². The molecule has 14 nitrogen and oxygen atoms in total. The van der Waals surface area contributed by atoms with Gasteiger partial charge in [-0.3, -0.25) is 10.2 Å². The molecule has 6 unspecified atom stereocenters. The van der Waals surface area contributed by atoms with Crippen LogP contribution in [0.3, 0.4) is 0 Å². The van der Waals surface area contributed by atoms with Gasteiger partial charge in [-0.2, -0.15) is 0 Å². The lowest BCUT2D eigenvalue weighted by atomic mass is 9.55. The first-order valence-electron chi connectivity index (χ1n) is 22.3. The Balaban J connectivity index is 1.54. The van der Waals surface area contributed by atoms with E-state index >= 15 is 0 Å². The number of ether oxygens (including phenoxy) is 6. The Morgan fingerprint density at radius 2 is 1.72 bits per heavy atom. The zero-order valence-corrected chi connectivity index (χ0v) is 37.5. The Labute approximate surface area is 380 Å². The fraction of sp³-hybridized carbons (Fsp3) is 0.460. The first-order valence-corrected chi connectivity index (χ1v) is 22.3. The Morgan fingerprint density at radius 3 is 2.42 bits per heavy atom. The summed E-state index contributed by atoms with van der Waals surface area (Å²) in [6, 6.07) is 15.2. The second kappa shape index (κ2) is 23.3. The van der Waals surface area contributed by atoms with Crippen molar-refractivity contribution in [3.8, 4) is 23.0 Å². The first kappa shape index (κ1) is 48.6. The van der Waals surface area contributed by atoms with Crippen molar-refractivity contribution in [1.82, 2.24) is 4.90 Å². The number of allylic oxidation sites excluding steroid dienone is 1. The third-order valence-electron chi connectivity index (χ3n) is 12.2. The quantitative estimate of drug-likeness (QED) is 0.0472. The van der Waals surface area contributed by atoms with Gasteiger partial charge in [-0.25, -0.2) is 14.0 Å². The van der Waals surface area contributed by atoms with Crippen LogP contribution in [0, 0.1) is 23.6 Å². The van der Waals surface area contributed by atoms with Gasteiger partial charge in [0.1, 0.15) is 41.5 Å². The summed E-state index contributed by atoms with van der Waals surface area (Å²) in [5.74, 6) is -1.52. The van der Waals surface area contributed by atoms with Crippen LogP contribution in [0.1, 0.15) is 75.3 Å². The monoisotopic (exact) mass is 899 g/mol. The minimum Gasteiger partial charge on any atom is -0.497 e. The van der Waals surface area contributed by atoms with E-state index in [1.165, 1.54) is 26.4 Å². The summed E-state index contributed by atoms with van der Waals surface area (Å²) in [5.41, 5.74) is 3.20. The average Bonchev–Trinajstić information content (AvgIpc) is 3.31. The van der Waals surface area contributed by atoms with Crippen LogP contribution < -0.4 is 24.3 Å². The van der Waals surface area contributed by atoms with Gasteiger partial charge in [0.05, 0.1) is 44.8 Å². The number of anilines is 1. The molecule has 3 aromatic carbocycles. The molecule has 350 valence electrons. The summed E-state index contributed by atoms with van der Waals surface area (Å²) >= 11 is 0. The smallest absolute Gasteiger partial charge is 0.417 e. The highest BCUT2D eigenvalue weighted by molar-refractivity contribution is 6.03. The van der Waals surface area contributed by atoms with E-state index in [9.17, 15) is 24.2 Å². The molecule has 1 saturated carbocycles. The van der Waals surface area contributed by atoms with E-state index < -0.39 is 41.7 Å². The fourth-order valence-electron chi connectivity index (χ4n) is 9.40. The SMILES string of the molecule is C=CCCOC(=O)N(Cc1ccc(F)cc1)C1CC(=NOCC)C2=CC(CCCCO)C(CCCCO)C3c4cc(OC(=O)Nc5ccc(OC)cc5OC)ccc4OC1(OCC=C)C23. The highest BCUT2D eigenvalue weighted by Crippen LogP contribution is 2.62. The lowest BCUT2D eigenvalue weighted by Gasteiger charge is -2.59. The maximum atomic E-state index is 14.5.